The fourth-order valence-electron chi connectivity index (χ4n) is 1.39. The van der Waals surface area contributed by atoms with Crippen LogP contribution in [-0.2, 0) is 0 Å². The molecule has 1 rings (SSSR count). The Labute approximate surface area is 90.9 Å². The van der Waals surface area contributed by atoms with Crippen LogP contribution in [0.1, 0.15) is 38.8 Å². The highest BCUT2D eigenvalue weighted by atomic mass is 16.5. The molecule has 0 fully saturated rings. The molecule has 84 valence electrons. The molecule has 0 aliphatic rings. The molecule has 0 saturated carbocycles. The molecule has 0 saturated heterocycles. The van der Waals surface area contributed by atoms with Crippen molar-refractivity contribution < 1.29 is 9.84 Å². The molecule has 0 bridgehead atoms. The molecule has 1 unspecified atom stereocenters. The van der Waals surface area contributed by atoms with Crippen LogP contribution in [0.2, 0.25) is 0 Å². The highest BCUT2D eigenvalue weighted by Crippen LogP contribution is 2.29. The zero-order valence-electron chi connectivity index (χ0n) is 9.53. The first kappa shape index (κ1) is 11.9. The highest BCUT2D eigenvalue weighted by Gasteiger charge is 2.10. The standard InChI is InChI=1S/C12H19NO2/c1-4-11(13)10-7-9(15-8(2)3)5-6-12(10)14/h5-8,11,14H,4,13H2,1-3H3. The summed E-state index contributed by atoms with van der Waals surface area (Å²) in [5.74, 6) is 0.988. The maximum absolute atomic E-state index is 9.64. The van der Waals surface area contributed by atoms with Crippen molar-refractivity contribution in [2.75, 3.05) is 0 Å². The van der Waals surface area contributed by atoms with Crippen LogP contribution < -0.4 is 10.5 Å². The first-order valence-electron chi connectivity index (χ1n) is 5.29. The molecule has 0 amide bonds. The quantitative estimate of drug-likeness (QED) is 0.801. The number of hydrogen-bond acceptors (Lipinski definition) is 3. The molecule has 1 aromatic rings. The van der Waals surface area contributed by atoms with Crippen LogP contribution in [0.15, 0.2) is 18.2 Å². The summed E-state index contributed by atoms with van der Waals surface area (Å²) in [6.07, 6.45) is 0.916. The van der Waals surface area contributed by atoms with Gasteiger partial charge in [0.1, 0.15) is 11.5 Å². The Morgan fingerprint density at radius 3 is 2.60 bits per heavy atom. The van der Waals surface area contributed by atoms with Crippen molar-refractivity contribution in [2.24, 2.45) is 5.73 Å². The SMILES string of the molecule is CCC(N)c1cc(OC(C)C)ccc1O. The number of nitrogens with two attached hydrogens (primary N) is 1. The fraction of sp³-hybridized carbons (Fsp3) is 0.500. The van der Waals surface area contributed by atoms with E-state index in [2.05, 4.69) is 0 Å². The van der Waals surface area contributed by atoms with Crippen LogP contribution in [0, 0.1) is 0 Å². The van der Waals surface area contributed by atoms with Crippen LogP contribution in [0.4, 0.5) is 0 Å². The minimum Gasteiger partial charge on any atom is -0.508 e. The largest absolute Gasteiger partial charge is 0.508 e. The van der Waals surface area contributed by atoms with E-state index in [9.17, 15) is 5.11 Å². The lowest BCUT2D eigenvalue weighted by Crippen LogP contribution is -2.10. The topological polar surface area (TPSA) is 55.5 Å². The van der Waals surface area contributed by atoms with Crippen molar-refractivity contribution >= 4 is 0 Å². The van der Waals surface area contributed by atoms with Crippen molar-refractivity contribution in [1.29, 1.82) is 0 Å². The van der Waals surface area contributed by atoms with Gasteiger partial charge in [-0.1, -0.05) is 6.92 Å². The lowest BCUT2D eigenvalue weighted by Gasteiger charge is -2.15. The van der Waals surface area contributed by atoms with E-state index < -0.39 is 0 Å². The summed E-state index contributed by atoms with van der Waals surface area (Å²) in [5, 5.41) is 9.64. The highest BCUT2D eigenvalue weighted by molar-refractivity contribution is 5.41. The number of phenolic OH excluding ortho intramolecular Hbond substituents is 1. The molecule has 3 heteroatoms. The summed E-state index contributed by atoms with van der Waals surface area (Å²) in [7, 11) is 0. The molecule has 0 heterocycles. The summed E-state index contributed by atoms with van der Waals surface area (Å²) in [6.45, 7) is 5.92. The third kappa shape index (κ3) is 3.13. The number of phenols is 1. The Hall–Kier alpha value is -1.22. The molecule has 15 heavy (non-hydrogen) atoms. The van der Waals surface area contributed by atoms with Gasteiger partial charge in [-0.25, -0.2) is 0 Å². The van der Waals surface area contributed by atoms with E-state index in [0.717, 1.165) is 17.7 Å². The van der Waals surface area contributed by atoms with Gasteiger partial charge in [0.05, 0.1) is 6.10 Å². The van der Waals surface area contributed by atoms with Gasteiger partial charge in [-0.2, -0.15) is 0 Å². The molecule has 1 atom stereocenters. The van der Waals surface area contributed by atoms with Gasteiger partial charge in [0, 0.05) is 11.6 Å². The zero-order valence-corrected chi connectivity index (χ0v) is 9.53. The Morgan fingerprint density at radius 2 is 2.07 bits per heavy atom. The molecule has 0 radical (unpaired) electrons. The van der Waals surface area contributed by atoms with Crippen LogP contribution >= 0.6 is 0 Å². The summed E-state index contributed by atoms with van der Waals surface area (Å²) < 4.78 is 5.54. The Kier molecular flexibility index (Phi) is 3.97. The second kappa shape index (κ2) is 5.03. The van der Waals surface area contributed by atoms with Crippen molar-refractivity contribution in [3.05, 3.63) is 23.8 Å². The Bertz CT molecular complexity index is 323. The molecule has 3 N–H and O–H groups in total. The van der Waals surface area contributed by atoms with Crippen molar-refractivity contribution in [3.8, 4) is 11.5 Å². The van der Waals surface area contributed by atoms with Crippen molar-refractivity contribution in [1.82, 2.24) is 0 Å². The molecular weight excluding hydrogens is 190 g/mol. The minimum absolute atomic E-state index is 0.125. The lowest BCUT2D eigenvalue weighted by molar-refractivity contribution is 0.241. The third-order valence-electron chi connectivity index (χ3n) is 2.21. The molecule has 0 aliphatic heterocycles. The minimum atomic E-state index is -0.138. The van der Waals surface area contributed by atoms with E-state index >= 15 is 0 Å². The van der Waals surface area contributed by atoms with Crippen LogP contribution in [0.3, 0.4) is 0 Å². The second-order valence-electron chi connectivity index (χ2n) is 3.90. The van der Waals surface area contributed by atoms with E-state index in [1.165, 1.54) is 0 Å². The van der Waals surface area contributed by atoms with Gasteiger partial charge in [-0.3, -0.25) is 0 Å². The number of hydrogen-bond donors (Lipinski definition) is 2. The van der Waals surface area contributed by atoms with E-state index in [1.807, 2.05) is 26.8 Å². The third-order valence-corrected chi connectivity index (χ3v) is 2.21. The molecule has 3 nitrogen and oxygen atoms in total. The Balaban J connectivity index is 2.94. The van der Waals surface area contributed by atoms with E-state index in [0.29, 0.717) is 0 Å². The number of benzene rings is 1. The molecule has 0 spiro atoms. The summed E-state index contributed by atoms with van der Waals surface area (Å²) in [5.41, 5.74) is 6.63. The van der Waals surface area contributed by atoms with E-state index in [1.54, 1.807) is 12.1 Å². The molecule has 0 aliphatic carbocycles. The monoisotopic (exact) mass is 209 g/mol. The van der Waals surface area contributed by atoms with Gasteiger partial charge in [-0.15, -0.1) is 0 Å². The predicted molar refractivity (Wildman–Crippen MR) is 61.1 cm³/mol. The summed E-state index contributed by atoms with van der Waals surface area (Å²) in [6, 6.07) is 5.05. The maximum atomic E-state index is 9.64. The van der Waals surface area contributed by atoms with Gasteiger partial charge in [-0.05, 0) is 38.5 Å². The van der Waals surface area contributed by atoms with Gasteiger partial charge in [0.15, 0.2) is 0 Å². The van der Waals surface area contributed by atoms with Crippen molar-refractivity contribution in [2.45, 2.75) is 39.3 Å². The fourth-order valence-corrected chi connectivity index (χ4v) is 1.39. The van der Waals surface area contributed by atoms with E-state index in [4.69, 9.17) is 10.5 Å². The zero-order chi connectivity index (χ0) is 11.4. The molecule has 1 aromatic carbocycles. The lowest BCUT2D eigenvalue weighted by atomic mass is 10.0. The first-order valence-corrected chi connectivity index (χ1v) is 5.29. The predicted octanol–water partition coefficient (Wildman–Crippen LogP) is 2.59. The first-order chi connectivity index (χ1) is 7.04. The second-order valence-corrected chi connectivity index (χ2v) is 3.90. The maximum Gasteiger partial charge on any atom is 0.120 e. The van der Waals surface area contributed by atoms with E-state index in [-0.39, 0.29) is 17.9 Å². The van der Waals surface area contributed by atoms with Crippen molar-refractivity contribution in [3.63, 3.8) is 0 Å². The Morgan fingerprint density at radius 1 is 1.40 bits per heavy atom. The smallest absolute Gasteiger partial charge is 0.120 e. The normalized spacial score (nSPS) is 12.9. The van der Waals surface area contributed by atoms with Crippen LogP contribution in [0.5, 0.6) is 11.5 Å². The number of rotatable bonds is 4. The molecular formula is C12H19NO2. The average Bonchev–Trinajstić information content (AvgIpc) is 2.19. The van der Waals surface area contributed by atoms with Crippen LogP contribution in [-0.4, -0.2) is 11.2 Å². The van der Waals surface area contributed by atoms with Crippen LogP contribution in [0.25, 0.3) is 0 Å². The van der Waals surface area contributed by atoms with Gasteiger partial charge < -0.3 is 15.6 Å². The molecule has 0 aromatic heterocycles. The van der Waals surface area contributed by atoms with Gasteiger partial charge in [0.25, 0.3) is 0 Å². The average molecular weight is 209 g/mol. The number of aromatic hydroxyl groups is 1. The number of ether oxygens (including phenoxy) is 1. The summed E-state index contributed by atoms with van der Waals surface area (Å²) in [4.78, 5) is 0. The summed E-state index contributed by atoms with van der Waals surface area (Å²) >= 11 is 0. The van der Waals surface area contributed by atoms with Gasteiger partial charge >= 0.3 is 0 Å². The van der Waals surface area contributed by atoms with Gasteiger partial charge in [0.2, 0.25) is 0 Å².